The van der Waals surface area contributed by atoms with Crippen LogP contribution in [0.1, 0.15) is 12.8 Å². The Morgan fingerprint density at radius 2 is 0.750 bits per heavy atom. The third-order valence-corrected chi connectivity index (χ3v) is 1.53. The van der Waals surface area contributed by atoms with Crippen LogP contribution in [0.3, 0.4) is 0 Å². The second-order valence-electron chi connectivity index (χ2n) is 2.57. The molecule has 2 aliphatic carbocycles. The van der Waals surface area contributed by atoms with Crippen LogP contribution < -0.4 is 0 Å². The van der Waals surface area contributed by atoms with Crippen molar-refractivity contribution in [1.29, 1.82) is 0 Å². The molecule has 0 radical (unpaired) electrons. The fraction of sp³-hybridized carbons (Fsp3) is 0.167. The van der Waals surface area contributed by atoms with E-state index in [1.165, 1.54) is 0 Å². The molecule has 2 rings (SSSR count). The van der Waals surface area contributed by atoms with Gasteiger partial charge in [0.15, 0.2) is 0 Å². The normalized spacial score (nSPS) is 17.3. The molecule has 62 valence electrons. The van der Waals surface area contributed by atoms with Crippen molar-refractivity contribution in [1.82, 2.24) is 0 Å². The smallest absolute Gasteiger partial charge is 0.0163 e. The fourth-order valence-electron chi connectivity index (χ4n) is 0.914. The van der Waals surface area contributed by atoms with Crippen molar-refractivity contribution in [2.24, 2.45) is 0 Å². The highest BCUT2D eigenvalue weighted by molar-refractivity contribution is 5.16. The van der Waals surface area contributed by atoms with Crippen molar-refractivity contribution in [2.45, 2.75) is 12.8 Å². The van der Waals surface area contributed by atoms with Gasteiger partial charge in [0, 0.05) is 0 Å². The maximum Gasteiger partial charge on any atom is -0.0163 e. The Kier molecular flexibility index (Phi) is 4.70. The zero-order valence-corrected chi connectivity index (χ0v) is 7.19. The fourth-order valence-corrected chi connectivity index (χ4v) is 0.914. The van der Waals surface area contributed by atoms with Gasteiger partial charge in [-0.15, -0.1) is 0 Å². The van der Waals surface area contributed by atoms with Gasteiger partial charge in [-0.2, -0.15) is 0 Å². The van der Waals surface area contributed by atoms with Crippen LogP contribution >= 0.6 is 0 Å². The van der Waals surface area contributed by atoms with Gasteiger partial charge in [-0.25, -0.2) is 0 Å². The summed E-state index contributed by atoms with van der Waals surface area (Å²) < 4.78 is 0. The van der Waals surface area contributed by atoms with Crippen molar-refractivity contribution >= 4 is 0 Å². The summed E-state index contributed by atoms with van der Waals surface area (Å²) in [6, 6.07) is 0. The molecule has 0 N–H and O–H groups in total. The zero-order valence-electron chi connectivity index (χ0n) is 7.19. The van der Waals surface area contributed by atoms with E-state index in [4.69, 9.17) is 0 Å². The van der Waals surface area contributed by atoms with Gasteiger partial charge in [-0.3, -0.25) is 0 Å². The van der Waals surface area contributed by atoms with Crippen molar-refractivity contribution in [3.8, 4) is 0 Å². The third kappa shape index (κ3) is 4.51. The summed E-state index contributed by atoms with van der Waals surface area (Å²) in [5, 5.41) is 0. The molecule has 2 aliphatic rings. The third-order valence-electron chi connectivity index (χ3n) is 1.53. The van der Waals surface area contributed by atoms with Crippen LogP contribution in [0.15, 0.2) is 60.8 Å². The Morgan fingerprint density at radius 1 is 0.417 bits per heavy atom. The number of hydrogen-bond donors (Lipinski definition) is 0. The van der Waals surface area contributed by atoms with Crippen molar-refractivity contribution in [2.75, 3.05) is 0 Å². The first kappa shape index (κ1) is 8.79. The molecule has 0 saturated carbocycles. The van der Waals surface area contributed by atoms with Gasteiger partial charge in [-0.05, 0) is 12.8 Å². The van der Waals surface area contributed by atoms with Crippen molar-refractivity contribution < 1.29 is 0 Å². The average molecular weight is 158 g/mol. The molecule has 0 unspecified atom stereocenters. The Hall–Kier alpha value is -1.30. The molecule has 0 fully saturated rings. The number of hydrogen-bond acceptors (Lipinski definition) is 0. The van der Waals surface area contributed by atoms with Gasteiger partial charge in [0.1, 0.15) is 0 Å². The van der Waals surface area contributed by atoms with Gasteiger partial charge < -0.3 is 0 Å². The highest BCUT2D eigenvalue weighted by Crippen LogP contribution is 1.93. The summed E-state index contributed by atoms with van der Waals surface area (Å²) >= 11 is 0. The number of allylic oxidation sites excluding steroid dienone is 10. The molecule has 0 bridgehead atoms. The highest BCUT2D eigenvalue weighted by Gasteiger charge is 1.72. The monoisotopic (exact) mass is 158 g/mol. The summed E-state index contributed by atoms with van der Waals surface area (Å²) in [6.45, 7) is 0. The molecule has 0 heterocycles. The molecule has 0 spiro atoms. The second-order valence-corrected chi connectivity index (χ2v) is 2.57. The first-order valence-electron chi connectivity index (χ1n) is 4.30. The van der Waals surface area contributed by atoms with Crippen LogP contribution in [0.25, 0.3) is 0 Å². The van der Waals surface area contributed by atoms with E-state index in [1.807, 2.05) is 12.2 Å². The quantitative estimate of drug-likeness (QED) is 0.505. The molecule has 0 aliphatic heterocycles. The van der Waals surface area contributed by atoms with Crippen LogP contribution in [0, 0.1) is 0 Å². The Bertz CT molecular complexity index is 213. The van der Waals surface area contributed by atoms with Crippen molar-refractivity contribution in [3.63, 3.8) is 0 Å². The van der Waals surface area contributed by atoms with Gasteiger partial charge in [0.2, 0.25) is 0 Å². The average Bonchev–Trinajstić information content (AvgIpc) is 2.54. The van der Waals surface area contributed by atoms with Gasteiger partial charge >= 0.3 is 0 Å². The number of rotatable bonds is 0. The molecule has 12 heavy (non-hydrogen) atoms. The molecule has 0 heteroatoms. The van der Waals surface area contributed by atoms with Crippen LogP contribution in [0.5, 0.6) is 0 Å². The standard InChI is InChI=1S/C7H8.C5H6/c1-2-4-6-7-5-3-1;1-2-4-5-3-1/h1-6H,7H2;1-4H,5H2. The first-order chi connectivity index (χ1) is 6.00. The maximum absolute atomic E-state index is 2.12. The SMILES string of the molecule is C1=CC=CCC=C1.C1=CCC=C1. The molecule has 0 atom stereocenters. The molecular weight excluding hydrogens is 144 g/mol. The van der Waals surface area contributed by atoms with Crippen molar-refractivity contribution in [3.05, 3.63) is 60.8 Å². The van der Waals surface area contributed by atoms with Crippen LogP contribution in [0.2, 0.25) is 0 Å². The predicted molar refractivity (Wildman–Crippen MR) is 54.9 cm³/mol. The summed E-state index contributed by atoms with van der Waals surface area (Å²) in [7, 11) is 0. The molecular formula is C12H14. The molecule has 0 amide bonds. The van der Waals surface area contributed by atoms with Gasteiger partial charge in [-0.1, -0.05) is 60.8 Å². The maximum atomic E-state index is 2.12. The highest BCUT2D eigenvalue weighted by atomic mass is 13.8. The topological polar surface area (TPSA) is 0 Å². The van der Waals surface area contributed by atoms with Gasteiger partial charge in [0.25, 0.3) is 0 Å². The summed E-state index contributed by atoms with van der Waals surface area (Å²) in [4.78, 5) is 0. The van der Waals surface area contributed by atoms with E-state index in [1.54, 1.807) is 0 Å². The van der Waals surface area contributed by atoms with E-state index in [0.29, 0.717) is 0 Å². The van der Waals surface area contributed by atoms with E-state index in [9.17, 15) is 0 Å². The Balaban J connectivity index is 0.000000127. The van der Waals surface area contributed by atoms with E-state index in [2.05, 4.69) is 48.6 Å². The molecule has 0 aromatic heterocycles. The van der Waals surface area contributed by atoms with E-state index in [0.717, 1.165) is 12.8 Å². The zero-order chi connectivity index (χ0) is 8.49. The van der Waals surface area contributed by atoms with Crippen LogP contribution in [-0.4, -0.2) is 0 Å². The largest absolute Gasteiger partial charge is 0.0808 e. The summed E-state index contributed by atoms with van der Waals surface area (Å²) in [5.41, 5.74) is 0. The Labute approximate surface area is 74.3 Å². The summed E-state index contributed by atoms with van der Waals surface area (Å²) in [6.07, 6.45) is 23.0. The van der Waals surface area contributed by atoms with Crippen LogP contribution in [0.4, 0.5) is 0 Å². The predicted octanol–water partition coefficient (Wildman–Crippen LogP) is 3.56. The first-order valence-corrected chi connectivity index (χ1v) is 4.30. The lowest BCUT2D eigenvalue weighted by Gasteiger charge is -1.69. The summed E-state index contributed by atoms with van der Waals surface area (Å²) in [5.74, 6) is 0. The van der Waals surface area contributed by atoms with Crippen LogP contribution in [-0.2, 0) is 0 Å². The minimum absolute atomic E-state index is 1.08. The van der Waals surface area contributed by atoms with E-state index < -0.39 is 0 Å². The van der Waals surface area contributed by atoms with E-state index in [-0.39, 0.29) is 0 Å². The second kappa shape index (κ2) is 6.41. The molecule has 0 aromatic carbocycles. The minimum atomic E-state index is 1.08. The molecule has 0 aromatic rings. The lowest BCUT2D eigenvalue weighted by molar-refractivity contribution is 1.41. The lowest BCUT2D eigenvalue weighted by Crippen LogP contribution is -1.48. The van der Waals surface area contributed by atoms with Gasteiger partial charge in [0.05, 0.1) is 0 Å². The Morgan fingerprint density at radius 3 is 1.17 bits per heavy atom. The van der Waals surface area contributed by atoms with E-state index >= 15 is 0 Å². The molecule has 0 saturated heterocycles. The molecule has 0 nitrogen and oxygen atoms in total. The minimum Gasteiger partial charge on any atom is -0.0808 e. The lowest BCUT2D eigenvalue weighted by atomic mass is 10.4.